The first kappa shape index (κ1) is 80.6. The normalized spacial score (nSPS) is 16.0. The molecule has 4 saturated heterocycles. The molecule has 21 nitrogen and oxygen atoms in total. The number of halogens is 15. The number of carbonyl (C=O) groups excluding carboxylic acids is 8. The van der Waals surface area contributed by atoms with E-state index in [1.165, 1.54) is 6.92 Å². The molecule has 4 fully saturated rings. The van der Waals surface area contributed by atoms with E-state index in [0.29, 0.717) is 48.1 Å². The maximum absolute atomic E-state index is 12.7. The van der Waals surface area contributed by atoms with E-state index >= 15 is 0 Å². The number of anilines is 2. The van der Waals surface area contributed by atoms with E-state index in [1.807, 2.05) is 17.0 Å². The number of carbonyl (C=O) groups is 8. The number of hydrogen-bond acceptors (Lipinski definition) is 17. The molecule has 38 heteroatoms. The molecular formula is C48H60BCl3F12N8NaO13. The molecule has 479 valence electrons. The van der Waals surface area contributed by atoms with Gasteiger partial charge in [-0.2, -0.15) is 52.7 Å². The van der Waals surface area contributed by atoms with Crippen molar-refractivity contribution in [3.63, 3.8) is 0 Å². The van der Waals surface area contributed by atoms with Crippen molar-refractivity contribution in [3.8, 4) is 0 Å². The third kappa shape index (κ3) is 29.1. The van der Waals surface area contributed by atoms with Gasteiger partial charge in [-0.1, -0.05) is 29.3 Å². The number of amides is 4. The molecule has 2 aromatic carbocycles. The Morgan fingerprint density at radius 3 is 1.28 bits per heavy atom. The zero-order valence-electron chi connectivity index (χ0n) is 46.3. The van der Waals surface area contributed by atoms with Crippen LogP contribution in [0.3, 0.4) is 0 Å². The fourth-order valence-corrected chi connectivity index (χ4v) is 8.28. The quantitative estimate of drug-likeness (QED) is 0.104. The van der Waals surface area contributed by atoms with Crippen molar-refractivity contribution in [3.05, 3.63) is 57.6 Å². The van der Waals surface area contributed by atoms with Gasteiger partial charge in [-0.05, 0) is 61.6 Å². The van der Waals surface area contributed by atoms with Gasteiger partial charge >= 0.3 is 78.4 Å². The van der Waals surface area contributed by atoms with E-state index in [9.17, 15) is 91.0 Å². The van der Waals surface area contributed by atoms with E-state index in [1.54, 1.807) is 24.3 Å². The SMILES string of the molecule is CC(=O)OOC(C)=O.Cl.NC(=O)C1CCN(c2cc(Cl)ccc2C=O)CC1.NC(=O)C1CCN(c2cc(Cl)ccc2CN2CCN(C(=O)OC(C(F)(F)F)C(F)(F)F)CC2)CC1.O=C(OC(C(F)(F)F)C(F)(F)F)N1CCNCC1.[B-]OC(C)=O.[Na+]. The second-order valence-corrected chi connectivity index (χ2v) is 19.2. The number of primary amides is 2. The zero-order chi connectivity index (χ0) is 63.9. The number of alkyl halides is 12. The summed E-state index contributed by atoms with van der Waals surface area (Å²) in [5.41, 5.74) is 13.9. The standard InChI is InChI=1S/C21H25ClF6N4O3.C13H15ClN2O2.C8H10F6N2O2.C4H6O4.C2H3BO2.ClH.Na/c22-15-2-1-14(16(11-15)31-5-3-13(4-6-31)17(29)33)12-30-7-9-32(10-8-30)19(34)35-18(20(23,24)25)21(26,27)28;14-11-2-1-10(8-17)12(7-11)16-5-3-9(4-6-16)13(15)18;9-7(10,11)5(8(12,13)14)18-6(17)16-3-1-15-2-4-16;1-3(5)7-8-4(2)6;1-2(4)5-3;;/h1-2,11,13,18H,3-10,12H2,(H2,29,33);1-2,7-9H,3-6H2,(H2,15,18);5,15H,1-4H2;1-2H3;1H3;1H;/q;;;;-1;;+1. The Morgan fingerprint density at radius 1 is 0.593 bits per heavy atom. The molecule has 0 atom stereocenters. The number of nitrogens with two attached hydrogens (primary N) is 2. The molecule has 86 heavy (non-hydrogen) atoms. The summed E-state index contributed by atoms with van der Waals surface area (Å²) in [5.74, 6) is -2.55. The van der Waals surface area contributed by atoms with Crippen LogP contribution in [0.25, 0.3) is 0 Å². The summed E-state index contributed by atoms with van der Waals surface area (Å²) in [5, 5.41) is 3.92. The number of nitrogens with zero attached hydrogens (tertiary/aromatic N) is 5. The first-order chi connectivity index (χ1) is 38.9. The average molecular weight is 1330 g/mol. The monoisotopic (exact) mass is 1320 g/mol. The maximum Gasteiger partial charge on any atom is 1.00 e. The van der Waals surface area contributed by atoms with Gasteiger partial charge in [0.1, 0.15) is 0 Å². The third-order valence-electron chi connectivity index (χ3n) is 12.1. The summed E-state index contributed by atoms with van der Waals surface area (Å²) >= 11 is 12.1. The Balaban J connectivity index is 0.00000120. The number of piperazine rings is 2. The van der Waals surface area contributed by atoms with Crippen LogP contribution in [-0.2, 0) is 54.4 Å². The Morgan fingerprint density at radius 2 is 0.942 bits per heavy atom. The van der Waals surface area contributed by atoms with Gasteiger partial charge in [-0.3, -0.25) is 24.1 Å². The molecule has 0 unspecified atom stereocenters. The molecule has 2 aromatic rings. The molecule has 6 rings (SSSR count). The van der Waals surface area contributed by atoms with E-state index < -0.39 is 67.0 Å². The fraction of sp³-hybridized carbons (Fsp3) is 0.583. The van der Waals surface area contributed by atoms with Gasteiger partial charge in [0.25, 0.3) is 12.2 Å². The van der Waals surface area contributed by atoms with Crippen LogP contribution in [0, 0.1) is 11.8 Å². The van der Waals surface area contributed by atoms with Crippen LogP contribution < -0.4 is 56.1 Å². The number of ether oxygens (including phenoxy) is 2. The Hall–Kier alpha value is -5.39. The summed E-state index contributed by atoms with van der Waals surface area (Å²) in [6.45, 7) is 7.46. The van der Waals surface area contributed by atoms with Crippen LogP contribution in [0.2, 0.25) is 10.0 Å². The predicted molar refractivity (Wildman–Crippen MR) is 281 cm³/mol. The largest absolute Gasteiger partial charge is 1.00 e. The van der Waals surface area contributed by atoms with Crippen LogP contribution in [0.1, 0.15) is 62.4 Å². The van der Waals surface area contributed by atoms with Gasteiger partial charge in [0.2, 0.25) is 17.8 Å². The van der Waals surface area contributed by atoms with Gasteiger partial charge in [0.05, 0.1) is 0 Å². The molecular weight excluding hydrogens is 1260 g/mol. The van der Waals surface area contributed by atoms with E-state index in [0.717, 1.165) is 72.8 Å². The average Bonchev–Trinajstić information content (AvgIpc) is 2.87. The maximum atomic E-state index is 12.7. The summed E-state index contributed by atoms with van der Waals surface area (Å²) in [6.07, 6.45) is -30.9. The summed E-state index contributed by atoms with van der Waals surface area (Å²) in [6, 6.07) is 10.6. The van der Waals surface area contributed by atoms with Crippen molar-refractivity contribution < 1.29 is 145 Å². The Labute approximate surface area is 524 Å². The first-order valence-corrected chi connectivity index (χ1v) is 25.6. The van der Waals surface area contributed by atoms with Gasteiger partial charge in [0, 0.05) is 145 Å². The zero-order valence-corrected chi connectivity index (χ0v) is 50.7. The van der Waals surface area contributed by atoms with Crippen molar-refractivity contribution in [1.82, 2.24) is 20.0 Å². The summed E-state index contributed by atoms with van der Waals surface area (Å²) in [4.78, 5) is 101. The van der Waals surface area contributed by atoms with Crippen molar-refractivity contribution in [1.29, 1.82) is 0 Å². The number of nitrogens with one attached hydrogen (secondary N) is 1. The minimum atomic E-state index is -5.76. The van der Waals surface area contributed by atoms with Gasteiger partial charge in [0.15, 0.2) is 6.29 Å². The molecule has 0 aromatic heterocycles. The minimum absolute atomic E-state index is 0. The summed E-state index contributed by atoms with van der Waals surface area (Å²) < 4.78 is 160. The Bertz CT molecular complexity index is 2480. The smallest absolute Gasteiger partial charge is 0.793 e. The topological polar surface area (TPSA) is 263 Å². The second-order valence-electron chi connectivity index (χ2n) is 18.4. The molecule has 4 heterocycles. The third-order valence-corrected chi connectivity index (χ3v) is 12.6. The molecule has 4 amide bonds. The molecule has 4 aliphatic rings. The molecule has 0 saturated carbocycles. The molecule has 0 spiro atoms. The second kappa shape index (κ2) is 37.5. The fourth-order valence-electron chi connectivity index (χ4n) is 7.95. The number of hydrogen-bond donors (Lipinski definition) is 3. The predicted octanol–water partition coefficient (Wildman–Crippen LogP) is 4.25. The van der Waals surface area contributed by atoms with Gasteiger partial charge < -0.3 is 58.6 Å². The first-order valence-electron chi connectivity index (χ1n) is 24.8. The van der Waals surface area contributed by atoms with Crippen LogP contribution in [-0.4, -0.2) is 186 Å². The molecule has 3 radical (unpaired) electrons. The minimum Gasteiger partial charge on any atom is -0.793 e. The number of aldehydes is 1. The van der Waals surface area contributed by atoms with E-state index in [-0.39, 0.29) is 118 Å². The van der Waals surface area contributed by atoms with Crippen LogP contribution in [0.5, 0.6) is 0 Å². The molecule has 4 aliphatic heterocycles. The van der Waals surface area contributed by atoms with Gasteiger partial charge in [-0.25, -0.2) is 29.0 Å². The van der Waals surface area contributed by atoms with Gasteiger partial charge in [-0.15, -0.1) is 12.4 Å². The number of piperidine rings is 2. The molecule has 0 aliphatic carbocycles. The number of rotatable bonds is 9. The Kier molecular flexibility index (Phi) is 35.1. The molecule has 5 N–H and O–H groups in total. The van der Waals surface area contributed by atoms with Crippen LogP contribution >= 0.6 is 35.6 Å². The van der Waals surface area contributed by atoms with Crippen LogP contribution in [0.15, 0.2) is 36.4 Å². The van der Waals surface area contributed by atoms with Crippen molar-refractivity contribution in [2.75, 3.05) is 88.3 Å². The van der Waals surface area contributed by atoms with Crippen LogP contribution in [0.4, 0.5) is 73.6 Å². The summed E-state index contributed by atoms with van der Waals surface area (Å²) in [7, 11) is 4.32. The van der Waals surface area contributed by atoms with Crippen molar-refractivity contribution in [2.45, 2.75) is 89.9 Å². The van der Waals surface area contributed by atoms with E-state index in [2.05, 4.69) is 47.1 Å². The molecule has 0 bridgehead atoms. The van der Waals surface area contributed by atoms with Crippen molar-refractivity contribution >= 4 is 103 Å². The number of benzene rings is 2. The van der Waals surface area contributed by atoms with Crippen molar-refractivity contribution in [2.24, 2.45) is 23.3 Å². The van der Waals surface area contributed by atoms with E-state index in [4.69, 9.17) is 34.7 Å².